The summed E-state index contributed by atoms with van der Waals surface area (Å²) < 4.78 is 14.8. The Bertz CT molecular complexity index is 574. The number of rotatable bonds is 1. The summed E-state index contributed by atoms with van der Waals surface area (Å²) in [5.74, 6) is -0.0192. The van der Waals surface area contributed by atoms with Gasteiger partial charge >= 0.3 is 0 Å². The molecule has 2 aliphatic rings. The van der Waals surface area contributed by atoms with Crippen molar-refractivity contribution in [2.24, 2.45) is 0 Å². The van der Waals surface area contributed by atoms with Gasteiger partial charge in [0, 0.05) is 13.1 Å². The fourth-order valence-electron chi connectivity index (χ4n) is 3.23. The Morgan fingerprint density at radius 2 is 2.10 bits per heavy atom. The zero-order chi connectivity index (χ0) is 15.2. The highest BCUT2D eigenvalue weighted by atomic mass is 35.5. The van der Waals surface area contributed by atoms with Crippen LogP contribution in [0.1, 0.15) is 32.6 Å². The molecule has 0 N–H and O–H groups in total. The standard InChI is InChI=1S/C14H18ClFN4O/c1-14(16)8-20(9-5-3-4-6-9)11-10(19(2)12(14)21)7-17-13(15)18-11/h7,9H,3-6,8H2,1-2H3/t14-/m0/s1. The van der Waals surface area contributed by atoms with Crippen molar-refractivity contribution in [2.75, 3.05) is 23.4 Å². The summed E-state index contributed by atoms with van der Waals surface area (Å²) in [7, 11) is 1.55. The minimum absolute atomic E-state index is 0.00117. The molecule has 1 fully saturated rings. The lowest BCUT2D eigenvalue weighted by atomic mass is 10.1. The van der Waals surface area contributed by atoms with Crippen molar-refractivity contribution in [1.29, 1.82) is 0 Å². The van der Waals surface area contributed by atoms with Crippen LogP contribution < -0.4 is 9.80 Å². The molecule has 0 aromatic carbocycles. The molecule has 0 spiro atoms. The number of anilines is 2. The van der Waals surface area contributed by atoms with Gasteiger partial charge in [0.1, 0.15) is 5.69 Å². The lowest BCUT2D eigenvalue weighted by molar-refractivity contribution is -0.128. The Balaban J connectivity index is 2.12. The number of nitrogens with zero attached hydrogens (tertiary/aromatic N) is 4. The van der Waals surface area contributed by atoms with Gasteiger partial charge in [0.2, 0.25) is 11.0 Å². The van der Waals surface area contributed by atoms with Crippen molar-refractivity contribution in [1.82, 2.24) is 9.97 Å². The molecule has 1 aliphatic heterocycles. The molecule has 2 heterocycles. The van der Waals surface area contributed by atoms with E-state index in [0.29, 0.717) is 11.5 Å². The molecular formula is C14H18ClFN4O. The van der Waals surface area contributed by atoms with Gasteiger partial charge in [-0.2, -0.15) is 4.98 Å². The van der Waals surface area contributed by atoms with Crippen molar-refractivity contribution in [3.63, 3.8) is 0 Å². The first-order chi connectivity index (χ1) is 9.90. The summed E-state index contributed by atoms with van der Waals surface area (Å²) in [6.45, 7) is 1.33. The minimum Gasteiger partial charge on any atom is -0.348 e. The first-order valence-corrected chi connectivity index (χ1v) is 7.54. The van der Waals surface area contributed by atoms with E-state index < -0.39 is 11.6 Å². The maximum atomic E-state index is 14.8. The Kier molecular flexibility index (Phi) is 3.51. The molecule has 1 atom stereocenters. The van der Waals surface area contributed by atoms with Crippen molar-refractivity contribution in [2.45, 2.75) is 44.3 Å². The molecule has 1 aromatic heterocycles. The summed E-state index contributed by atoms with van der Waals surface area (Å²) in [4.78, 5) is 23.7. The highest BCUT2D eigenvalue weighted by molar-refractivity contribution is 6.28. The smallest absolute Gasteiger partial charge is 0.266 e. The SMILES string of the molecule is CN1C(=O)[C@@](C)(F)CN(C2CCCC2)c2nc(Cl)ncc21. The Morgan fingerprint density at radius 1 is 1.43 bits per heavy atom. The largest absolute Gasteiger partial charge is 0.348 e. The molecule has 1 aliphatic carbocycles. The quantitative estimate of drug-likeness (QED) is 0.748. The number of fused-ring (bicyclic) bond motifs is 1. The van der Waals surface area contributed by atoms with E-state index in [1.807, 2.05) is 4.90 Å². The zero-order valence-electron chi connectivity index (χ0n) is 12.1. The maximum absolute atomic E-state index is 14.8. The molecule has 5 nitrogen and oxygen atoms in total. The third kappa shape index (κ3) is 2.46. The average molecular weight is 313 g/mol. The van der Waals surface area contributed by atoms with Crippen LogP contribution in [0.4, 0.5) is 15.9 Å². The van der Waals surface area contributed by atoms with E-state index in [2.05, 4.69) is 9.97 Å². The van der Waals surface area contributed by atoms with Gasteiger partial charge in [-0.1, -0.05) is 12.8 Å². The molecule has 21 heavy (non-hydrogen) atoms. The highest BCUT2D eigenvalue weighted by Crippen LogP contribution is 2.38. The van der Waals surface area contributed by atoms with Crippen LogP contribution in [-0.4, -0.2) is 41.2 Å². The molecule has 1 saturated carbocycles. The number of alkyl halides is 1. The molecule has 1 aromatic rings. The number of hydrogen-bond acceptors (Lipinski definition) is 4. The van der Waals surface area contributed by atoms with Gasteiger partial charge < -0.3 is 9.80 Å². The second-order valence-corrected chi connectivity index (χ2v) is 6.31. The molecule has 0 saturated heterocycles. The van der Waals surface area contributed by atoms with Crippen molar-refractivity contribution in [3.05, 3.63) is 11.5 Å². The van der Waals surface area contributed by atoms with Gasteiger partial charge in [-0.15, -0.1) is 0 Å². The van der Waals surface area contributed by atoms with Crippen LogP contribution in [0.2, 0.25) is 5.28 Å². The lowest BCUT2D eigenvalue weighted by Gasteiger charge is -2.32. The van der Waals surface area contributed by atoms with E-state index in [1.54, 1.807) is 7.05 Å². The average Bonchev–Trinajstić information content (AvgIpc) is 2.94. The monoisotopic (exact) mass is 312 g/mol. The van der Waals surface area contributed by atoms with Crippen LogP contribution >= 0.6 is 11.6 Å². The summed E-state index contributed by atoms with van der Waals surface area (Å²) >= 11 is 5.91. The molecule has 7 heteroatoms. The second-order valence-electron chi connectivity index (χ2n) is 5.98. The van der Waals surface area contributed by atoms with E-state index in [1.165, 1.54) is 18.0 Å². The minimum atomic E-state index is -1.95. The first kappa shape index (κ1) is 14.5. The Hall–Kier alpha value is -1.43. The van der Waals surface area contributed by atoms with Gasteiger partial charge in [0.15, 0.2) is 5.82 Å². The van der Waals surface area contributed by atoms with E-state index in [-0.39, 0.29) is 17.9 Å². The number of amides is 1. The van der Waals surface area contributed by atoms with Crippen molar-refractivity contribution in [3.8, 4) is 0 Å². The topological polar surface area (TPSA) is 49.3 Å². The fraction of sp³-hybridized carbons (Fsp3) is 0.643. The number of aromatic nitrogens is 2. The Labute approximate surface area is 128 Å². The van der Waals surface area contributed by atoms with E-state index >= 15 is 0 Å². The normalized spacial score (nSPS) is 27.0. The van der Waals surface area contributed by atoms with Gasteiger partial charge in [-0.3, -0.25) is 4.79 Å². The van der Waals surface area contributed by atoms with Gasteiger partial charge in [-0.05, 0) is 31.4 Å². The highest BCUT2D eigenvalue weighted by Gasteiger charge is 2.44. The number of carbonyl (C=O) groups is 1. The molecule has 0 radical (unpaired) electrons. The van der Waals surface area contributed by atoms with Gasteiger partial charge in [0.25, 0.3) is 5.91 Å². The van der Waals surface area contributed by atoms with Crippen LogP contribution in [-0.2, 0) is 4.79 Å². The Morgan fingerprint density at radius 3 is 2.76 bits per heavy atom. The number of halogens is 2. The van der Waals surface area contributed by atoms with Crippen LogP contribution in [0.25, 0.3) is 0 Å². The summed E-state index contributed by atoms with van der Waals surface area (Å²) in [5.41, 5.74) is -1.44. The van der Waals surface area contributed by atoms with Crippen LogP contribution in [0.15, 0.2) is 6.20 Å². The molecule has 3 rings (SSSR count). The van der Waals surface area contributed by atoms with E-state index in [0.717, 1.165) is 25.7 Å². The molecule has 0 bridgehead atoms. The van der Waals surface area contributed by atoms with Gasteiger partial charge in [0.05, 0.1) is 12.7 Å². The second kappa shape index (κ2) is 5.09. The predicted octanol–water partition coefficient (Wildman–Crippen LogP) is 2.58. The molecule has 114 valence electrons. The van der Waals surface area contributed by atoms with E-state index in [4.69, 9.17) is 11.6 Å². The van der Waals surface area contributed by atoms with Crippen LogP contribution in [0.5, 0.6) is 0 Å². The summed E-state index contributed by atoms with van der Waals surface area (Å²) in [6.07, 6.45) is 5.68. The summed E-state index contributed by atoms with van der Waals surface area (Å²) in [6, 6.07) is 0.198. The zero-order valence-corrected chi connectivity index (χ0v) is 12.9. The molecular weight excluding hydrogens is 295 g/mol. The van der Waals surface area contributed by atoms with Crippen molar-refractivity contribution >= 4 is 29.0 Å². The molecule has 0 unspecified atom stereocenters. The third-order valence-corrected chi connectivity index (χ3v) is 4.52. The first-order valence-electron chi connectivity index (χ1n) is 7.16. The fourth-order valence-corrected chi connectivity index (χ4v) is 3.36. The van der Waals surface area contributed by atoms with Crippen molar-refractivity contribution < 1.29 is 9.18 Å². The lowest BCUT2D eigenvalue weighted by Crippen LogP contribution is -2.49. The van der Waals surface area contributed by atoms with Gasteiger partial charge in [-0.25, -0.2) is 9.37 Å². The van der Waals surface area contributed by atoms with Crippen LogP contribution in [0, 0.1) is 0 Å². The maximum Gasteiger partial charge on any atom is 0.266 e. The number of carbonyl (C=O) groups excluding carboxylic acids is 1. The third-order valence-electron chi connectivity index (χ3n) is 4.34. The summed E-state index contributed by atoms with van der Waals surface area (Å²) in [5, 5.41) is 0.111. The van der Waals surface area contributed by atoms with E-state index in [9.17, 15) is 9.18 Å². The molecule has 1 amide bonds. The predicted molar refractivity (Wildman–Crippen MR) is 79.6 cm³/mol. The van der Waals surface area contributed by atoms with Crippen LogP contribution in [0.3, 0.4) is 0 Å². The number of hydrogen-bond donors (Lipinski definition) is 0.